The Morgan fingerprint density at radius 1 is 1.03 bits per heavy atom. The summed E-state index contributed by atoms with van der Waals surface area (Å²) in [6.07, 6.45) is 7.53. The first-order valence-corrected chi connectivity index (χ1v) is 23.7. The van der Waals surface area contributed by atoms with Crippen molar-refractivity contribution in [2.24, 2.45) is 0 Å². The van der Waals surface area contributed by atoms with Crippen molar-refractivity contribution < 1.29 is 42.1 Å². The number of benzene rings is 2. The minimum absolute atomic E-state index is 0.0272. The number of carbonyl (C=O) groups is 4. The van der Waals surface area contributed by atoms with Crippen LogP contribution in [0, 0.1) is 0 Å². The molecule has 4 fully saturated rings. The van der Waals surface area contributed by atoms with E-state index >= 15 is 4.39 Å². The third-order valence-electron chi connectivity index (χ3n) is 12.0. The molecule has 0 bridgehead atoms. The van der Waals surface area contributed by atoms with Crippen molar-refractivity contribution in [3.05, 3.63) is 89.1 Å². The lowest BCUT2D eigenvalue weighted by atomic mass is 9.90. The maximum absolute atomic E-state index is 16.5. The van der Waals surface area contributed by atoms with E-state index in [1.54, 1.807) is 53.6 Å². The first kappa shape index (κ1) is 42.8. The maximum Gasteiger partial charge on any atom is 0.355 e. The van der Waals surface area contributed by atoms with Gasteiger partial charge in [-0.15, -0.1) is 11.3 Å². The number of alkyl halides is 1. The maximum atomic E-state index is 16.5. The molecular formula is C44H52FN6O8PS. The summed E-state index contributed by atoms with van der Waals surface area (Å²) < 4.78 is 48.0. The van der Waals surface area contributed by atoms with Gasteiger partial charge in [0.2, 0.25) is 17.7 Å². The second-order valence-electron chi connectivity index (χ2n) is 16.2. The van der Waals surface area contributed by atoms with Crippen LogP contribution in [0.2, 0.25) is 0 Å². The number of amides is 3. The number of hydrogen-bond acceptors (Lipinski definition) is 11. The largest absolute Gasteiger partial charge is 0.465 e. The second kappa shape index (κ2) is 18.6. The summed E-state index contributed by atoms with van der Waals surface area (Å²) >= 11 is 1.19. The quantitative estimate of drug-likeness (QED) is 0.104. The number of nitrogens with zero attached hydrogens (tertiary/aromatic N) is 4. The molecule has 0 saturated carbocycles. The Labute approximate surface area is 358 Å². The molecule has 0 unspecified atom stereocenters. The molecular weight excluding hydrogens is 823 g/mol. The number of nitrogens with one attached hydrogen (secondary N) is 2. The number of hydrogen-bond donors (Lipinski definition) is 2. The van der Waals surface area contributed by atoms with Gasteiger partial charge in [0.25, 0.3) is 5.91 Å². The van der Waals surface area contributed by atoms with Gasteiger partial charge >= 0.3 is 13.5 Å². The molecule has 14 nitrogen and oxygen atoms in total. The number of likely N-dealkylation sites (tertiary alicyclic amines) is 1. The molecule has 6 atom stereocenters. The van der Waals surface area contributed by atoms with E-state index in [9.17, 15) is 23.7 Å². The summed E-state index contributed by atoms with van der Waals surface area (Å²) in [7, 11) is -4.44. The van der Waals surface area contributed by atoms with Crippen LogP contribution in [-0.4, -0.2) is 109 Å². The van der Waals surface area contributed by atoms with Gasteiger partial charge in [0.1, 0.15) is 23.9 Å². The molecule has 4 aliphatic rings. The van der Waals surface area contributed by atoms with Crippen molar-refractivity contribution in [3.8, 4) is 5.75 Å². The van der Waals surface area contributed by atoms with Gasteiger partial charge in [-0.1, -0.05) is 31.2 Å². The normalized spacial score (nSPS) is 22.7. The summed E-state index contributed by atoms with van der Waals surface area (Å²) in [4.78, 5) is 65.3. The number of carbonyl (C=O) groups excluding carboxylic acids is 4. The fourth-order valence-corrected chi connectivity index (χ4v) is 11.6. The lowest BCUT2D eigenvalue weighted by Gasteiger charge is -2.44. The zero-order valence-corrected chi connectivity index (χ0v) is 36.1. The van der Waals surface area contributed by atoms with E-state index in [4.69, 9.17) is 14.0 Å². The number of fused-ring (bicyclic) bond motifs is 2. The van der Waals surface area contributed by atoms with E-state index in [-0.39, 0.29) is 41.7 Å². The van der Waals surface area contributed by atoms with Crippen LogP contribution >= 0.6 is 18.9 Å². The van der Waals surface area contributed by atoms with Crippen molar-refractivity contribution in [1.82, 2.24) is 25.2 Å². The number of morpholine rings is 1. The predicted molar refractivity (Wildman–Crippen MR) is 230 cm³/mol. The minimum atomic E-state index is -4.44. The number of pyridine rings is 1. The Kier molecular flexibility index (Phi) is 13.1. The molecule has 2 aromatic carbocycles. The number of ether oxygens (including phenoxy) is 2. The van der Waals surface area contributed by atoms with Crippen molar-refractivity contribution in [3.63, 3.8) is 0 Å². The highest BCUT2D eigenvalue weighted by Gasteiger charge is 2.48. The van der Waals surface area contributed by atoms with Crippen molar-refractivity contribution in [2.75, 3.05) is 50.9 Å². The van der Waals surface area contributed by atoms with Gasteiger partial charge < -0.3 is 34.0 Å². The fraction of sp³-hybridized carbons (Fsp3) is 0.477. The van der Waals surface area contributed by atoms with Crippen LogP contribution < -0.4 is 19.8 Å². The summed E-state index contributed by atoms with van der Waals surface area (Å²) in [5.74, 6) is -3.31. The molecule has 0 aliphatic carbocycles. The van der Waals surface area contributed by atoms with E-state index in [0.29, 0.717) is 60.5 Å². The summed E-state index contributed by atoms with van der Waals surface area (Å²) in [6, 6.07) is 13.8. The molecule has 61 heavy (non-hydrogen) atoms. The molecule has 3 amide bonds. The number of para-hydroxylation sites is 1. The number of aromatic nitrogens is 1. The Morgan fingerprint density at radius 2 is 1.82 bits per heavy atom. The van der Waals surface area contributed by atoms with Crippen molar-refractivity contribution >= 4 is 58.3 Å². The van der Waals surface area contributed by atoms with Gasteiger partial charge in [0, 0.05) is 66.5 Å². The number of halogens is 1. The average molecular weight is 875 g/mol. The number of thiophene rings is 1. The molecule has 8 rings (SSSR count). The lowest BCUT2D eigenvalue weighted by Crippen LogP contribution is -2.58. The monoisotopic (exact) mass is 874 g/mol. The highest BCUT2D eigenvalue weighted by atomic mass is 32.1. The molecule has 4 aliphatic heterocycles. The third kappa shape index (κ3) is 9.18. The lowest BCUT2D eigenvalue weighted by molar-refractivity contribution is -0.148. The fourth-order valence-electron chi connectivity index (χ4n) is 8.78. The molecule has 2 N–H and O–H groups in total. The molecule has 0 spiro atoms. The molecule has 2 aromatic heterocycles. The highest BCUT2D eigenvalue weighted by molar-refractivity contribution is 7.57. The Bertz CT molecular complexity index is 2290. The smallest absolute Gasteiger partial charge is 0.355 e. The van der Waals surface area contributed by atoms with Crippen LogP contribution in [0.15, 0.2) is 73.1 Å². The van der Waals surface area contributed by atoms with E-state index in [1.807, 2.05) is 24.1 Å². The van der Waals surface area contributed by atoms with Gasteiger partial charge in [0.05, 0.1) is 24.7 Å². The Hall–Kier alpha value is -4.89. The van der Waals surface area contributed by atoms with E-state index in [2.05, 4.69) is 20.3 Å². The molecule has 6 heterocycles. The van der Waals surface area contributed by atoms with Gasteiger partial charge in [-0.2, -0.15) is 0 Å². The molecule has 4 saturated heterocycles. The Balaban J connectivity index is 0.934. The third-order valence-corrected chi connectivity index (χ3v) is 15.2. The van der Waals surface area contributed by atoms with Crippen LogP contribution in [0.4, 0.5) is 10.1 Å². The number of anilines is 1. The van der Waals surface area contributed by atoms with Crippen molar-refractivity contribution in [1.29, 1.82) is 0 Å². The number of esters is 1. The van der Waals surface area contributed by atoms with E-state index in [0.717, 1.165) is 43.6 Å². The first-order chi connectivity index (χ1) is 29.5. The standard InChI is InChI=1S/C44H52FN6O8PS/c1-3-20-58-44(55)28(2)48-60(56,59-33-9-5-4-6-10-33)40(45)29-12-15-38-30(23-29)24-39(61-38)41(52)47-35-11-7-8-32-13-14-37(51(32)42(35)53)43(54)50-26-31(27-50)34-25-46-17-16-36(34)49-18-21-57-22-19-49/h4-6,9-10,12,15-17,23-25,28,31-32,35,37,40H,3,7-8,11,13-14,18-22,26-27H2,1-2H3,(H,47,52)(H,48,56)/t28-,32-,35-,37-,40-,60-/m0/s1. The van der Waals surface area contributed by atoms with E-state index < -0.39 is 43.4 Å². The molecule has 17 heteroatoms. The van der Waals surface area contributed by atoms with Crippen LogP contribution in [0.3, 0.4) is 0 Å². The molecule has 4 aromatic rings. The average Bonchev–Trinajstić information content (AvgIpc) is 3.86. The Morgan fingerprint density at radius 3 is 2.59 bits per heavy atom. The zero-order chi connectivity index (χ0) is 42.7. The number of rotatable bonds is 14. The molecule has 0 radical (unpaired) electrons. The molecule has 324 valence electrons. The zero-order valence-electron chi connectivity index (χ0n) is 34.4. The van der Waals surface area contributed by atoms with E-state index in [1.165, 1.54) is 30.4 Å². The van der Waals surface area contributed by atoms with Crippen LogP contribution in [0.5, 0.6) is 5.75 Å². The minimum Gasteiger partial charge on any atom is -0.465 e. The van der Waals surface area contributed by atoms with Gasteiger partial charge in [-0.25, -0.2) is 9.48 Å². The topological polar surface area (TPSA) is 160 Å². The summed E-state index contributed by atoms with van der Waals surface area (Å²) in [5.41, 5.74) is 2.28. The first-order valence-electron chi connectivity index (χ1n) is 21.2. The van der Waals surface area contributed by atoms with Crippen LogP contribution in [0.1, 0.15) is 85.0 Å². The van der Waals surface area contributed by atoms with Gasteiger partial charge in [0.15, 0.2) is 0 Å². The summed E-state index contributed by atoms with van der Waals surface area (Å²) in [5, 5.41) is 6.08. The second-order valence-corrected chi connectivity index (χ2v) is 19.4. The van der Waals surface area contributed by atoms with Crippen molar-refractivity contribution in [2.45, 2.75) is 88.4 Å². The van der Waals surface area contributed by atoms with Gasteiger partial charge in [-0.3, -0.25) is 28.7 Å². The SMILES string of the molecule is CCCOC(=O)[C@H](C)N[P@@](=O)(Oc1ccccc1)[C@H](F)c1ccc2sc(C(=O)N[C@H]3CCC[C@H]4CC[C@@H](C(=O)N5CC(c6cnccc6N6CCOCC6)C5)N4C3=O)cc2c1. The van der Waals surface area contributed by atoms with Crippen LogP contribution in [0.25, 0.3) is 10.1 Å². The van der Waals surface area contributed by atoms with Crippen LogP contribution in [-0.2, 0) is 28.4 Å². The predicted octanol–water partition coefficient (Wildman–Crippen LogP) is 6.57. The summed E-state index contributed by atoms with van der Waals surface area (Å²) in [6.45, 7) is 7.52. The van der Waals surface area contributed by atoms with Gasteiger partial charge in [-0.05, 0) is 92.8 Å². The highest BCUT2D eigenvalue weighted by Crippen LogP contribution is 2.58.